The Bertz CT molecular complexity index is 374. The minimum absolute atomic E-state index is 0.0409. The molecule has 0 spiro atoms. The van der Waals surface area contributed by atoms with Gasteiger partial charge in [0, 0.05) is 13.5 Å². The zero-order chi connectivity index (χ0) is 15.3. The van der Waals surface area contributed by atoms with Gasteiger partial charge in [0.2, 0.25) is 5.91 Å². The number of carbonyl (C=O) groups excluding carboxylic acids is 1. The van der Waals surface area contributed by atoms with Crippen molar-refractivity contribution in [1.82, 2.24) is 5.32 Å². The summed E-state index contributed by atoms with van der Waals surface area (Å²) < 4.78 is 5.38. The Morgan fingerprint density at radius 1 is 1.14 bits per heavy atom. The summed E-state index contributed by atoms with van der Waals surface area (Å²) in [4.78, 5) is 24.0. The predicted molar refractivity (Wildman–Crippen MR) is 79.0 cm³/mol. The van der Waals surface area contributed by atoms with Gasteiger partial charge in [-0.2, -0.15) is 0 Å². The van der Waals surface area contributed by atoms with E-state index in [2.05, 4.69) is 5.32 Å². The molecule has 2 fully saturated rings. The summed E-state index contributed by atoms with van der Waals surface area (Å²) >= 11 is 0. The molecule has 0 aromatic rings. The second kappa shape index (κ2) is 7.25. The molecule has 0 aliphatic heterocycles. The largest absolute Gasteiger partial charge is 0.481 e. The topological polar surface area (TPSA) is 75.6 Å². The molecular weight excluding hydrogens is 270 g/mol. The van der Waals surface area contributed by atoms with E-state index in [9.17, 15) is 14.7 Å². The van der Waals surface area contributed by atoms with Crippen molar-refractivity contribution in [2.75, 3.05) is 7.11 Å². The number of amides is 1. The summed E-state index contributed by atoms with van der Waals surface area (Å²) in [5.41, 5.74) is -0.859. The van der Waals surface area contributed by atoms with Crippen LogP contribution < -0.4 is 5.32 Å². The maximum atomic E-state index is 12.3. The molecule has 0 aromatic carbocycles. The molecule has 2 rings (SSSR count). The van der Waals surface area contributed by atoms with Crippen LogP contribution in [0.15, 0.2) is 0 Å². The molecule has 0 bridgehead atoms. The molecule has 2 aliphatic rings. The monoisotopic (exact) mass is 297 g/mol. The lowest BCUT2D eigenvalue weighted by atomic mass is 9.77. The van der Waals surface area contributed by atoms with E-state index in [1.165, 1.54) is 0 Å². The molecule has 5 nitrogen and oxygen atoms in total. The Kier molecular flexibility index (Phi) is 5.62. The number of carboxylic acids is 1. The molecule has 1 amide bonds. The molecule has 2 saturated carbocycles. The maximum Gasteiger partial charge on any atom is 0.310 e. The lowest BCUT2D eigenvalue weighted by Crippen LogP contribution is -2.44. The molecule has 120 valence electrons. The number of carboxylic acid groups (broad SMARTS) is 1. The van der Waals surface area contributed by atoms with E-state index >= 15 is 0 Å². The summed E-state index contributed by atoms with van der Waals surface area (Å²) in [6.07, 6.45) is 8.31. The highest BCUT2D eigenvalue weighted by Gasteiger charge is 2.41. The van der Waals surface area contributed by atoms with Crippen LogP contribution in [0.2, 0.25) is 0 Å². The van der Waals surface area contributed by atoms with Gasteiger partial charge in [0.1, 0.15) is 0 Å². The van der Waals surface area contributed by atoms with E-state index < -0.39 is 11.4 Å². The highest BCUT2D eigenvalue weighted by atomic mass is 16.5. The number of ether oxygens (including phenoxy) is 1. The number of hydrogen-bond acceptors (Lipinski definition) is 3. The molecule has 2 aliphatic carbocycles. The number of carbonyl (C=O) groups is 2. The van der Waals surface area contributed by atoms with Crippen molar-refractivity contribution in [3.05, 3.63) is 0 Å². The Labute approximate surface area is 126 Å². The lowest BCUT2D eigenvalue weighted by Gasteiger charge is -2.28. The molecule has 5 heteroatoms. The number of methoxy groups -OCH3 is 1. The third-order valence-electron chi connectivity index (χ3n) is 5.11. The average molecular weight is 297 g/mol. The van der Waals surface area contributed by atoms with Crippen LogP contribution in [0.3, 0.4) is 0 Å². The second-order valence-corrected chi connectivity index (χ2v) is 6.56. The van der Waals surface area contributed by atoms with Gasteiger partial charge in [0.05, 0.1) is 17.6 Å². The van der Waals surface area contributed by atoms with Gasteiger partial charge in [-0.05, 0) is 32.1 Å². The van der Waals surface area contributed by atoms with Crippen molar-refractivity contribution in [3.8, 4) is 0 Å². The molecule has 2 N–H and O–H groups in total. The fourth-order valence-electron chi connectivity index (χ4n) is 3.81. The molecule has 0 aromatic heterocycles. The van der Waals surface area contributed by atoms with Crippen LogP contribution in [0.4, 0.5) is 0 Å². The van der Waals surface area contributed by atoms with E-state index in [0.717, 1.165) is 44.9 Å². The molecule has 2 atom stereocenters. The lowest BCUT2D eigenvalue weighted by molar-refractivity contribution is -0.153. The SMILES string of the molecule is COC1CCCC1NC(=O)CC1(C(=O)O)CCCCCC1. The third kappa shape index (κ3) is 3.96. The van der Waals surface area contributed by atoms with Crippen molar-refractivity contribution in [2.24, 2.45) is 5.41 Å². The van der Waals surface area contributed by atoms with Crippen LogP contribution in [0, 0.1) is 5.41 Å². The molecule has 2 unspecified atom stereocenters. The summed E-state index contributed by atoms with van der Waals surface area (Å²) in [5.74, 6) is -0.942. The van der Waals surface area contributed by atoms with Gasteiger partial charge in [-0.15, -0.1) is 0 Å². The zero-order valence-electron chi connectivity index (χ0n) is 12.9. The third-order valence-corrected chi connectivity index (χ3v) is 5.11. The zero-order valence-corrected chi connectivity index (χ0v) is 12.9. The average Bonchev–Trinajstić information content (AvgIpc) is 2.74. The Morgan fingerprint density at radius 2 is 1.81 bits per heavy atom. The Hall–Kier alpha value is -1.10. The van der Waals surface area contributed by atoms with Gasteiger partial charge in [-0.3, -0.25) is 9.59 Å². The van der Waals surface area contributed by atoms with Gasteiger partial charge in [0.15, 0.2) is 0 Å². The van der Waals surface area contributed by atoms with Crippen molar-refractivity contribution < 1.29 is 19.4 Å². The number of rotatable bonds is 5. The first-order valence-corrected chi connectivity index (χ1v) is 8.13. The Balaban J connectivity index is 1.96. The van der Waals surface area contributed by atoms with Crippen LogP contribution in [0.1, 0.15) is 64.2 Å². The van der Waals surface area contributed by atoms with Crippen molar-refractivity contribution in [3.63, 3.8) is 0 Å². The van der Waals surface area contributed by atoms with Gasteiger partial charge in [-0.1, -0.05) is 25.7 Å². The second-order valence-electron chi connectivity index (χ2n) is 6.56. The van der Waals surface area contributed by atoms with Gasteiger partial charge < -0.3 is 15.2 Å². The first-order chi connectivity index (χ1) is 10.1. The highest BCUT2D eigenvalue weighted by molar-refractivity contribution is 5.85. The molecular formula is C16H27NO4. The molecule has 0 saturated heterocycles. The fourth-order valence-corrected chi connectivity index (χ4v) is 3.81. The van der Waals surface area contributed by atoms with E-state index in [1.54, 1.807) is 7.11 Å². The summed E-state index contributed by atoms with van der Waals surface area (Å²) in [5, 5.41) is 12.6. The van der Waals surface area contributed by atoms with Crippen LogP contribution in [0.25, 0.3) is 0 Å². The van der Waals surface area contributed by atoms with Crippen LogP contribution >= 0.6 is 0 Å². The van der Waals surface area contributed by atoms with Crippen molar-refractivity contribution in [1.29, 1.82) is 0 Å². The standard InChI is InChI=1S/C16H27NO4/c1-21-13-8-6-7-12(13)17-14(18)11-16(15(19)20)9-4-2-3-5-10-16/h12-13H,2-11H2,1H3,(H,17,18)(H,19,20). The minimum Gasteiger partial charge on any atom is -0.481 e. The smallest absolute Gasteiger partial charge is 0.310 e. The van der Waals surface area contributed by atoms with E-state index in [1.807, 2.05) is 0 Å². The first kappa shape index (κ1) is 16.3. The number of nitrogens with one attached hydrogen (secondary N) is 1. The van der Waals surface area contributed by atoms with Gasteiger partial charge in [-0.25, -0.2) is 0 Å². The summed E-state index contributed by atoms with van der Waals surface area (Å²) in [6.45, 7) is 0. The van der Waals surface area contributed by atoms with E-state index in [-0.39, 0.29) is 24.5 Å². The highest BCUT2D eigenvalue weighted by Crippen LogP contribution is 2.38. The maximum absolute atomic E-state index is 12.3. The van der Waals surface area contributed by atoms with Crippen molar-refractivity contribution in [2.45, 2.75) is 76.4 Å². The quantitative estimate of drug-likeness (QED) is 0.764. The Morgan fingerprint density at radius 3 is 2.38 bits per heavy atom. The summed E-state index contributed by atoms with van der Waals surface area (Å²) in [7, 11) is 1.67. The first-order valence-electron chi connectivity index (χ1n) is 8.13. The predicted octanol–water partition coefficient (Wildman–Crippen LogP) is 2.49. The number of hydrogen-bond donors (Lipinski definition) is 2. The fraction of sp³-hybridized carbons (Fsp3) is 0.875. The van der Waals surface area contributed by atoms with Gasteiger partial charge >= 0.3 is 5.97 Å². The summed E-state index contributed by atoms with van der Waals surface area (Å²) in [6, 6.07) is 0.0409. The molecule has 0 radical (unpaired) electrons. The van der Waals surface area contributed by atoms with E-state index in [0.29, 0.717) is 12.8 Å². The molecule has 21 heavy (non-hydrogen) atoms. The van der Waals surface area contributed by atoms with Crippen LogP contribution in [-0.2, 0) is 14.3 Å². The van der Waals surface area contributed by atoms with E-state index in [4.69, 9.17) is 4.74 Å². The number of aliphatic carboxylic acids is 1. The van der Waals surface area contributed by atoms with Crippen molar-refractivity contribution >= 4 is 11.9 Å². The normalized spacial score (nSPS) is 28.8. The van der Waals surface area contributed by atoms with Gasteiger partial charge in [0.25, 0.3) is 0 Å². The van der Waals surface area contributed by atoms with Crippen LogP contribution in [0.5, 0.6) is 0 Å². The molecule has 0 heterocycles. The van der Waals surface area contributed by atoms with Crippen LogP contribution in [-0.4, -0.2) is 36.2 Å². The minimum atomic E-state index is -0.859.